The summed E-state index contributed by atoms with van der Waals surface area (Å²) in [5, 5.41) is 13.7. The van der Waals surface area contributed by atoms with Crippen LogP contribution in [0.5, 0.6) is 0 Å². The molecule has 0 saturated carbocycles. The molecule has 1 atom stereocenters. The van der Waals surface area contributed by atoms with Gasteiger partial charge in [0.1, 0.15) is 17.6 Å². The molecule has 1 fully saturated rings. The third kappa shape index (κ3) is 3.31. The van der Waals surface area contributed by atoms with Gasteiger partial charge < -0.3 is 5.11 Å². The van der Waals surface area contributed by atoms with Gasteiger partial charge in [-0.15, -0.1) is 11.3 Å². The van der Waals surface area contributed by atoms with Crippen molar-refractivity contribution in [3.63, 3.8) is 0 Å². The van der Waals surface area contributed by atoms with Crippen molar-refractivity contribution in [3.8, 4) is 0 Å². The average molecular weight is 485 g/mol. The van der Waals surface area contributed by atoms with E-state index >= 15 is 0 Å². The first-order chi connectivity index (χ1) is 15.3. The second-order valence-electron chi connectivity index (χ2n) is 7.26. The fourth-order valence-electron chi connectivity index (χ4n) is 3.65. The smallest absolute Gasteiger partial charge is 0.301 e. The predicted octanol–water partition coefficient (Wildman–Crippen LogP) is 6.09. The van der Waals surface area contributed by atoms with Crippen molar-refractivity contribution in [1.82, 2.24) is 4.98 Å². The average Bonchev–Trinajstić information content (AvgIpc) is 3.48. The number of benzene rings is 2. The van der Waals surface area contributed by atoms with Gasteiger partial charge in [-0.05, 0) is 60.3 Å². The van der Waals surface area contributed by atoms with Crippen molar-refractivity contribution < 1.29 is 19.1 Å². The van der Waals surface area contributed by atoms with Gasteiger partial charge >= 0.3 is 5.91 Å². The molecule has 1 aliphatic heterocycles. The summed E-state index contributed by atoms with van der Waals surface area (Å²) in [5.41, 5.74) is 1.68. The Labute approximate surface area is 195 Å². The Balaban J connectivity index is 1.71. The maximum Gasteiger partial charge on any atom is 0.301 e. The molecule has 5 rings (SSSR count). The molecule has 0 radical (unpaired) electrons. The number of halogens is 2. The second kappa shape index (κ2) is 7.81. The van der Waals surface area contributed by atoms with Crippen molar-refractivity contribution in [3.05, 3.63) is 86.3 Å². The Morgan fingerprint density at radius 2 is 1.94 bits per heavy atom. The van der Waals surface area contributed by atoms with Crippen molar-refractivity contribution in [2.75, 3.05) is 4.90 Å². The minimum absolute atomic E-state index is 0.0578. The first-order valence-corrected chi connectivity index (χ1v) is 11.6. The lowest BCUT2D eigenvalue weighted by Gasteiger charge is -2.21. The zero-order valence-electron chi connectivity index (χ0n) is 16.5. The molecule has 1 N–H and O–H groups in total. The number of fused-ring (bicyclic) bond motifs is 1. The topological polar surface area (TPSA) is 70.5 Å². The Kier molecular flexibility index (Phi) is 5.08. The van der Waals surface area contributed by atoms with Crippen LogP contribution in [-0.4, -0.2) is 21.8 Å². The third-order valence-electron chi connectivity index (χ3n) is 5.24. The number of carbonyl (C=O) groups excluding carboxylic acids is 2. The van der Waals surface area contributed by atoms with Crippen LogP contribution in [-0.2, 0) is 9.59 Å². The number of rotatable bonds is 3. The number of anilines is 1. The van der Waals surface area contributed by atoms with Crippen LogP contribution in [0.3, 0.4) is 0 Å². The number of carbonyl (C=O) groups is 2. The van der Waals surface area contributed by atoms with Crippen LogP contribution in [0.2, 0.25) is 5.02 Å². The van der Waals surface area contributed by atoms with Crippen LogP contribution in [0, 0.1) is 12.7 Å². The number of aliphatic hydroxyl groups excluding tert-OH is 1. The molecule has 1 unspecified atom stereocenters. The maximum atomic E-state index is 13.4. The summed E-state index contributed by atoms with van der Waals surface area (Å²) >= 11 is 8.85. The molecule has 3 heterocycles. The van der Waals surface area contributed by atoms with E-state index < -0.39 is 23.5 Å². The van der Waals surface area contributed by atoms with E-state index in [2.05, 4.69) is 4.98 Å². The standard InChI is InChI=1S/C23H14ClFN2O3S2/c1-11-9-17-15(10-14(11)24)26-23(32-17)27-19(16-3-2-8-31-16)18(21(29)22(27)30)20(28)12-4-6-13(25)7-5-12/h2-10,19,28H,1H3/b20-18+. The van der Waals surface area contributed by atoms with E-state index in [9.17, 15) is 19.1 Å². The molecule has 32 heavy (non-hydrogen) atoms. The molecule has 0 aliphatic carbocycles. The molecule has 160 valence electrons. The summed E-state index contributed by atoms with van der Waals surface area (Å²) in [6.45, 7) is 1.88. The molecule has 2 aromatic carbocycles. The quantitative estimate of drug-likeness (QED) is 0.217. The van der Waals surface area contributed by atoms with E-state index in [4.69, 9.17) is 11.6 Å². The molecule has 5 nitrogen and oxygen atoms in total. The second-order valence-corrected chi connectivity index (χ2v) is 9.65. The predicted molar refractivity (Wildman–Crippen MR) is 125 cm³/mol. The lowest BCUT2D eigenvalue weighted by Crippen LogP contribution is -2.28. The first-order valence-electron chi connectivity index (χ1n) is 9.52. The molecule has 0 spiro atoms. The summed E-state index contributed by atoms with van der Waals surface area (Å²) in [6.07, 6.45) is 0. The minimum atomic E-state index is -0.850. The van der Waals surface area contributed by atoms with E-state index in [1.54, 1.807) is 18.2 Å². The van der Waals surface area contributed by atoms with Gasteiger partial charge in [-0.25, -0.2) is 9.37 Å². The maximum absolute atomic E-state index is 13.4. The summed E-state index contributed by atoms with van der Waals surface area (Å²) in [7, 11) is 0. The number of aliphatic hydroxyl groups is 1. The Bertz CT molecular complexity index is 1370. The van der Waals surface area contributed by atoms with Gasteiger partial charge in [-0.2, -0.15) is 0 Å². The van der Waals surface area contributed by atoms with Gasteiger partial charge in [0.2, 0.25) is 0 Å². The van der Waals surface area contributed by atoms with E-state index in [1.807, 2.05) is 18.4 Å². The van der Waals surface area contributed by atoms with E-state index in [0.29, 0.717) is 20.5 Å². The molecule has 2 aromatic heterocycles. The van der Waals surface area contributed by atoms with E-state index in [0.717, 1.165) is 10.3 Å². The highest BCUT2D eigenvalue weighted by atomic mass is 35.5. The normalized spacial score (nSPS) is 18.1. The molecule has 1 aliphatic rings. The Morgan fingerprint density at radius 1 is 1.19 bits per heavy atom. The summed E-state index contributed by atoms with van der Waals surface area (Å²) in [6, 6.07) is 11.5. The van der Waals surface area contributed by atoms with Crippen LogP contribution in [0.15, 0.2) is 59.5 Å². The van der Waals surface area contributed by atoms with Gasteiger partial charge in [0.05, 0.1) is 15.8 Å². The number of thiazole rings is 1. The lowest BCUT2D eigenvalue weighted by atomic mass is 10.00. The molecule has 9 heteroatoms. The van der Waals surface area contributed by atoms with E-state index in [-0.39, 0.29) is 16.9 Å². The van der Waals surface area contributed by atoms with Crippen LogP contribution in [0.1, 0.15) is 22.0 Å². The number of Topliss-reactive ketones (excluding diaryl/α,β-unsaturated/α-hetero) is 1. The molecular weight excluding hydrogens is 471 g/mol. The molecule has 0 bridgehead atoms. The van der Waals surface area contributed by atoms with E-state index in [1.165, 1.54) is 51.8 Å². The van der Waals surface area contributed by atoms with Crippen molar-refractivity contribution in [2.45, 2.75) is 13.0 Å². The number of aryl methyl sites for hydroxylation is 1. The summed E-state index contributed by atoms with van der Waals surface area (Å²) in [5.74, 6) is -2.43. The van der Waals surface area contributed by atoms with Crippen molar-refractivity contribution >= 4 is 67.1 Å². The zero-order chi connectivity index (χ0) is 22.6. The number of nitrogens with zero attached hydrogens (tertiary/aromatic N) is 2. The minimum Gasteiger partial charge on any atom is -0.507 e. The third-order valence-corrected chi connectivity index (χ3v) is 7.59. The molecular formula is C23H14ClFN2O3S2. The zero-order valence-corrected chi connectivity index (χ0v) is 18.9. The largest absolute Gasteiger partial charge is 0.507 e. The van der Waals surface area contributed by atoms with Crippen LogP contribution < -0.4 is 4.90 Å². The fourth-order valence-corrected chi connectivity index (χ4v) is 5.70. The lowest BCUT2D eigenvalue weighted by molar-refractivity contribution is -0.132. The van der Waals surface area contributed by atoms with Gasteiger partial charge in [-0.3, -0.25) is 14.5 Å². The van der Waals surface area contributed by atoms with Crippen LogP contribution in [0.4, 0.5) is 9.52 Å². The number of hydrogen-bond donors (Lipinski definition) is 1. The number of aromatic nitrogens is 1. The summed E-state index contributed by atoms with van der Waals surface area (Å²) in [4.78, 5) is 32.8. The fraction of sp³-hybridized carbons (Fsp3) is 0.0870. The number of hydrogen-bond acceptors (Lipinski definition) is 6. The summed E-state index contributed by atoms with van der Waals surface area (Å²) < 4.78 is 14.2. The number of thiophene rings is 1. The first kappa shape index (κ1) is 20.8. The van der Waals surface area contributed by atoms with Gasteiger partial charge in [0.25, 0.3) is 5.78 Å². The highest BCUT2D eigenvalue weighted by Crippen LogP contribution is 2.45. The SMILES string of the molecule is Cc1cc2sc(N3C(=O)C(=O)/C(=C(/O)c4ccc(F)cc4)C3c3cccs3)nc2cc1Cl. The van der Waals surface area contributed by atoms with Gasteiger partial charge in [-0.1, -0.05) is 29.0 Å². The highest BCUT2D eigenvalue weighted by Gasteiger charge is 2.48. The van der Waals surface area contributed by atoms with Gasteiger partial charge in [0, 0.05) is 15.5 Å². The molecule has 1 saturated heterocycles. The van der Waals surface area contributed by atoms with Crippen molar-refractivity contribution in [1.29, 1.82) is 0 Å². The molecule has 4 aromatic rings. The van der Waals surface area contributed by atoms with Crippen molar-refractivity contribution in [2.24, 2.45) is 0 Å². The number of ketones is 1. The monoisotopic (exact) mass is 484 g/mol. The Morgan fingerprint density at radius 3 is 2.62 bits per heavy atom. The number of amides is 1. The molecule has 1 amide bonds. The highest BCUT2D eigenvalue weighted by molar-refractivity contribution is 7.22. The Hall–Kier alpha value is -3.07. The van der Waals surface area contributed by atoms with Crippen LogP contribution >= 0.6 is 34.3 Å². The van der Waals surface area contributed by atoms with Gasteiger partial charge in [0.15, 0.2) is 5.13 Å². The van der Waals surface area contributed by atoms with Crippen LogP contribution in [0.25, 0.3) is 16.0 Å².